The molecule has 4 heteroatoms. The molecule has 0 radical (unpaired) electrons. The van der Waals surface area contributed by atoms with E-state index >= 15 is 0 Å². The molecule has 62 valence electrons. The van der Waals surface area contributed by atoms with Crippen LogP contribution in [0.3, 0.4) is 0 Å². The zero-order valence-electron chi connectivity index (χ0n) is 6.49. The van der Waals surface area contributed by atoms with Gasteiger partial charge in [0.15, 0.2) is 0 Å². The summed E-state index contributed by atoms with van der Waals surface area (Å²) in [5.41, 5.74) is 0. The summed E-state index contributed by atoms with van der Waals surface area (Å²) in [4.78, 5) is 4.13. The van der Waals surface area contributed by atoms with Crippen LogP contribution in [-0.2, 0) is 0 Å². The van der Waals surface area contributed by atoms with Gasteiger partial charge >= 0.3 is 0 Å². The quantitative estimate of drug-likeness (QED) is 0.749. The van der Waals surface area contributed by atoms with Crippen LogP contribution in [0.4, 0.5) is 0 Å². The highest BCUT2D eigenvalue weighted by Crippen LogP contribution is 2.27. The van der Waals surface area contributed by atoms with Crippen molar-refractivity contribution in [2.24, 2.45) is 0 Å². The van der Waals surface area contributed by atoms with Gasteiger partial charge in [0.2, 0.25) is 0 Å². The van der Waals surface area contributed by atoms with Gasteiger partial charge in [0, 0.05) is 10.7 Å². The number of pyridine rings is 1. The maximum absolute atomic E-state index is 8.57. The summed E-state index contributed by atoms with van der Waals surface area (Å²) in [6, 6.07) is 5.91. The number of halogens is 1. The highest BCUT2D eigenvalue weighted by Gasteiger charge is 2.05. The van der Waals surface area contributed by atoms with Crippen LogP contribution in [0.25, 0.3) is 0 Å². The van der Waals surface area contributed by atoms with Crippen molar-refractivity contribution in [1.29, 1.82) is 5.26 Å². The first kappa shape index (κ1) is 9.56. The molecular weight excluding hydrogens is 236 g/mol. The van der Waals surface area contributed by atoms with Crippen LogP contribution in [0.1, 0.15) is 6.92 Å². The van der Waals surface area contributed by atoms with Crippen molar-refractivity contribution in [3.63, 3.8) is 0 Å². The van der Waals surface area contributed by atoms with E-state index in [9.17, 15) is 0 Å². The van der Waals surface area contributed by atoms with Crippen LogP contribution in [0.2, 0.25) is 0 Å². The molecule has 0 aliphatic heterocycles. The molecule has 0 saturated carbocycles. The minimum Gasteiger partial charge on any atom is -0.249 e. The van der Waals surface area contributed by atoms with Crippen molar-refractivity contribution < 1.29 is 0 Å². The van der Waals surface area contributed by atoms with E-state index in [0.717, 1.165) is 9.50 Å². The van der Waals surface area contributed by atoms with Gasteiger partial charge in [0.05, 0.1) is 11.3 Å². The second kappa shape index (κ2) is 4.48. The standard InChI is InChI=1S/C8H7BrN2S/c1-6(5-10)12-8-7(9)3-2-4-11-8/h2-4,6H,1H3. The van der Waals surface area contributed by atoms with E-state index in [-0.39, 0.29) is 5.25 Å². The summed E-state index contributed by atoms with van der Waals surface area (Å²) in [7, 11) is 0. The molecule has 0 aliphatic rings. The van der Waals surface area contributed by atoms with E-state index in [2.05, 4.69) is 27.0 Å². The van der Waals surface area contributed by atoms with Gasteiger partial charge in [-0.15, -0.1) is 0 Å². The van der Waals surface area contributed by atoms with Gasteiger partial charge in [-0.1, -0.05) is 11.8 Å². The monoisotopic (exact) mass is 242 g/mol. The van der Waals surface area contributed by atoms with Gasteiger partial charge in [-0.05, 0) is 35.0 Å². The normalized spacial score (nSPS) is 12.1. The van der Waals surface area contributed by atoms with Crippen LogP contribution in [0, 0.1) is 11.3 Å². The molecule has 1 aromatic rings. The topological polar surface area (TPSA) is 36.7 Å². The Morgan fingerprint density at radius 3 is 3.08 bits per heavy atom. The molecule has 2 nitrogen and oxygen atoms in total. The van der Waals surface area contributed by atoms with E-state index < -0.39 is 0 Å². The summed E-state index contributed by atoms with van der Waals surface area (Å²) < 4.78 is 0.942. The predicted molar refractivity (Wildman–Crippen MR) is 52.9 cm³/mol. The van der Waals surface area contributed by atoms with Gasteiger partial charge < -0.3 is 0 Å². The van der Waals surface area contributed by atoms with E-state index in [1.54, 1.807) is 6.20 Å². The Balaban J connectivity index is 2.77. The first-order chi connectivity index (χ1) is 5.74. The van der Waals surface area contributed by atoms with Gasteiger partial charge in [-0.2, -0.15) is 5.26 Å². The molecule has 0 aromatic carbocycles. The number of nitrogens with zero attached hydrogens (tertiary/aromatic N) is 2. The third-order valence-electron chi connectivity index (χ3n) is 1.19. The van der Waals surface area contributed by atoms with Crippen molar-refractivity contribution in [2.75, 3.05) is 0 Å². The SMILES string of the molecule is CC(C#N)Sc1ncccc1Br. The second-order valence-corrected chi connectivity index (χ2v) is 4.36. The molecule has 0 saturated heterocycles. The second-order valence-electron chi connectivity index (χ2n) is 2.18. The molecule has 1 heterocycles. The summed E-state index contributed by atoms with van der Waals surface area (Å²) in [6.07, 6.45) is 1.72. The molecule has 1 rings (SSSR count). The highest BCUT2D eigenvalue weighted by molar-refractivity contribution is 9.10. The van der Waals surface area contributed by atoms with Gasteiger partial charge in [-0.25, -0.2) is 4.98 Å². The molecule has 0 amide bonds. The number of aromatic nitrogens is 1. The Morgan fingerprint density at radius 1 is 1.75 bits per heavy atom. The van der Waals surface area contributed by atoms with Gasteiger partial charge in [0.1, 0.15) is 5.03 Å². The predicted octanol–water partition coefficient (Wildman–Crippen LogP) is 2.85. The zero-order valence-corrected chi connectivity index (χ0v) is 8.89. The first-order valence-electron chi connectivity index (χ1n) is 3.41. The molecule has 1 aromatic heterocycles. The van der Waals surface area contributed by atoms with Crippen molar-refractivity contribution in [3.8, 4) is 6.07 Å². The number of hydrogen-bond donors (Lipinski definition) is 0. The molecule has 0 fully saturated rings. The molecule has 12 heavy (non-hydrogen) atoms. The van der Waals surface area contributed by atoms with Crippen LogP contribution in [0.15, 0.2) is 27.8 Å². The lowest BCUT2D eigenvalue weighted by Gasteiger charge is -2.02. The van der Waals surface area contributed by atoms with E-state index in [1.165, 1.54) is 11.8 Å². The Bertz CT molecular complexity index is 308. The van der Waals surface area contributed by atoms with Gasteiger partial charge in [0.25, 0.3) is 0 Å². The number of thioether (sulfide) groups is 1. The maximum Gasteiger partial charge on any atom is 0.111 e. The molecule has 1 atom stereocenters. The van der Waals surface area contributed by atoms with Crippen molar-refractivity contribution in [2.45, 2.75) is 17.2 Å². The molecule has 0 spiro atoms. The molecule has 1 unspecified atom stereocenters. The minimum atomic E-state index is -0.0591. The van der Waals surface area contributed by atoms with Crippen LogP contribution in [-0.4, -0.2) is 10.2 Å². The molecule has 0 bridgehead atoms. The first-order valence-corrected chi connectivity index (χ1v) is 5.08. The van der Waals surface area contributed by atoms with E-state index in [0.29, 0.717) is 0 Å². The van der Waals surface area contributed by atoms with E-state index in [4.69, 9.17) is 5.26 Å². The average Bonchev–Trinajstić information content (AvgIpc) is 2.09. The Morgan fingerprint density at radius 2 is 2.50 bits per heavy atom. The molecular formula is C8H7BrN2S. The fraction of sp³-hybridized carbons (Fsp3) is 0.250. The summed E-state index contributed by atoms with van der Waals surface area (Å²) >= 11 is 4.81. The Kier molecular flexibility index (Phi) is 3.57. The number of nitriles is 1. The fourth-order valence-electron chi connectivity index (χ4n) is 0.652. The lowest BCUT2D eigenvalue weighted by Crippen LogP contribution is -1.91. The lowest BCUT2D eigenvalue weighted by molar-refractivity contribution is 1.10. The van der Waals surface area contributed by atoms with Gasteiger partial charge in [-0.3, -0.25) is 0 Å². The lowest BCUT2D eigenvalue weighted by atomic mass is 10.5. The van der Waals surface area contributed by atoms with Crippen LogP contribution >= 0.6 is 27.7 Å². The minimum absolute atomic E-state index is 0.0591. The highest BCUT2D eigenvalue weighted by atomic mass is 79.9. The molecule has 0 N–H and O–H groups in total. The van der Waals surface area contributed by atoms with Crippen molar-refractivity contribution in [1.82, 2.24) is 4.98 Å². The number of rotatable bonds is 2. The Hall–Kier alpha value is -0.530. The number of hydrogen-bond acceptors (Lipinski definition) is 3. The summed E-state index contributed by atoms with van der Waals surface area (Å²) in [6.45, 7) is 1.85. The maximum atomic E-state index is 8.57. The smallest absolute Gasteiger partial charge is 0.111 e. The average molecular weight is 243 g/mol. The van der Waals surface area contributed by atoms with Crippen LogP contribution in [0.5, 0.6) is 0 Å². The fourth-order valence-corrected chi connectivity index (χ4v) is 1.88. The summed E-state index contributed by atoms with van der Waals surface area (Å²) in [5, 5.41) is 9.38. The van der Waals surface area contributed by atoms with Crippen molar-refractivity contribution >= 4 is 27.7 Å². The zero-order chi connectivity index (χ0) is 8.97. The van der Waals surface area contributed by atoms with Crippen molar-refractivity contribution in [3.05, 3.63) is 22.8 Å². The summed E-state index contributed by atoms with van der Waals surface area (Å²) in [5.74, 6) is 0. The Labute approximate surface area is 84.1 Å². The largest absolute Gasteiger partial charge is 0.249 e. The third-order valence-corrected chi connectivity index (χ3v) is 3.10. The van der Waals surface area contributed by atoms with Crippen LogP contribution < -0.4 is 0 Å². The third kappa shape index (κ3) is 2.50. The molecule has 0 aliphatic carbocycles. The van der Waals surface area contributed by atoms with E-state index in [1.807, 2.05) is 19.1 Å².